The fourth-order valence-corrected chi connectivity index (χ4v) is 3.63. The van der Waals surface area contributed by atoms with E-state index >= 15 is 0 Å². The third kappa shape index (κ3) is 4.03. The zero-order chi connectivity index (χ0) is 23.7. The largest absolute Gasteiger partial charge is 0.451 e. The predicted molar refractivity (Wildman–Crippen MR) is 93.7 cm³/mol. The van der Waals surface area contributed by atoms with E-state index in [0.29, 0.717) is 17.1 Å². The molecule has 1 aromatic carbocycles. The van der Waals surface area contributed by atoms with Gasteiger partial charge in [-0.25, -0.2) is 9.98 Å². The van der Waals surface area contributed by atoms with Crippen LogP contribution >= 0.6 is 23.2 Å². The van der Waals surface area contributed by atoms with Crippen LogP contribution in [-0.2, 0) is 6.18 Å². The molecule has 0 saturated heterocycles. The smallest absolute Gasteiger partial charge is 0.384 e. The molecule has 0 radical (unpaired) electrons. The average Bonchev–Trinajstić information content (AvgIpc) is 2.82. The Hall–Kier alpha value is -2.19. The fourth-order valence-electron chi connectivity index (χ4n) is 2.98. The number of aliphatic imine (C=N–C) groups is 2. The van der Waals surface area contributed by atoms with Gasteiger partial charge in [0.1, 0.15) is 5.82 Å². The maximum absolute atomic E-state index is 13.5. The van der Waals surface area contributed by atoms with Gasteiger partial charge in [-0.05, 0) is 19.1 Å². The molecule has 31 heavy (non-hydrogen) atoms. The second-order valence-corrected chi connectivity index (χ2v) is 7.27. The summed E-state index contributed by atoms with van der Waals surface area (Å²) in [5, 5.41) is -0.850. The standard InChI is InChI=1S/C15H8Cl2F9N5/c1-12-7(9(14(21,22)23)28-11(29-12)15(24,25)26)10(27)31(30-12)8-5(16)2-4(3-6(8)17)13(18,19)20/h2-3,30H,27H2,1H3. The second-order valence-electron chi connectivity index (χ2n) is 6.46. The van der Waals surface area contributed by atoms with Crippen LogP contribution in [0.1, 0.15) is 12.5 Å². The lowest BCUT2D eigenvalue weighted by atomic mass is 9.96. The summed E-state index contributed by atoms with van der Waals surface area (Å²) in [6.07, 6.45) is -15.6. The number of nitrogens with one attached hydrogen (secondary N) is 1. The number of hydrazine groups is 1. The lowest BCUT2D eigenvalue weighted by Crippen LogP contribution is -2.51. The number of nitrogens with zero attached hydrogens (tertiary/aromatic N) is 3. The zero-order valence-corrected chi connectivity index (χ0v) is 16.2. The van der Waals surface area contributed by atoms with Crippen LogP contribution in [0, 0.1) is 0 Å². The molecule has 2 aliphatic heterocycles. The third-order valence-electron chi connectivity index (χ3n) is 4.19. The van der Waals surface area contributed by atoms with Gasteiger partial charge in [0.05, 0.1) is 26.9 Å². The van der Waals surface area contributed by atoms with Gasteiger partial charge in [0, 0.05) is 0 Å². The summed E-state index contributed by atoms with van der Waals surface area (Å²) >= 11 is 11.7. The summed E-state index contributed by atoms with van der Waals surface area (Å²) < 4.78 is 119. The van der Waals surface area contributed by atoms with Crippen LogP contribution in [0.4, 0.5) is 45.2 Å². The van der Waals surface area contributed by atoms with Gasteiger partial charge >= 0.3 is 18.5 Å². The Labute approximate surface area is 177 Å². The van der Waals surface area contributed by atoms with Gasteiger partial charge < -0.3 is 5.73 Å². The van der Waals surface area contributed by atoms with Crippen LogP contribution in [0.2, 0.25) is 10.0 Å². The van der Waals surface area contributed by atoms with Crippen molar-refractivity contribution in [1.29, 1.82) is 0 Å². The Bertz CT molecular complexity index is 1020. The van der Waals surface area contributed by atoms with Crippen LogP contribution < -0.4 is 16.2 Å². The van der Waals surface area contributed by atoms with Crippen LogP contribution in [-0.4, -0.2) is 29.6 Å². The number of rotatable bonds is 1. The fraction of sp³-hybridized carbons (Fsp3) is 0.333. The molecule has 1 unspecified atom stereocenters. The molecule has 1 aromatic rings. The predicted octanol–water partition coefficient (Wildman–Crippen LogP) is 5.20. The summed E-state index contributed by atoms with van der Waals surface area (Å²) in [7, 11) is 0. The van der Waals surface area contributed by atoms with Crippen LogP contribution in [0.25, 0.3) is 0 Å². The molecule has 0 aromatic heterocycles. The van der Waals surface area contributed by atoms with Crippen molar-refractivity contribution < 1.29 is 39.5 Å². The first-order valence-electron chi connectivity index (χ1n) is 7.84. The summed E-state index contributed by atoms with van der Waals surface area (Å²) in [5.41, 5.74) is 0.725. The zero-order valence-electron chi connectivity index (χ0n) is 14.7. The Balaban J connectivity index is 2.22. The summed E-state index contributed by atoms with van der Waals surface area (Å²) in [4.78, 5) is 5.78. The van der Waals surface area contributed by atoms with Crippen molar-refractivity contribution in [2.24, 2.45) is 15.7 Å². The Morgan fingerprint density at radius 3 is 1.87 bits per heavy atom. The Kier molecular flexibility index (Phi) is 5.23. The number of nitrogens with two attached hydrogens (primary N) is 1. The van der Waals surface area contributed by atoms with Crippen molar-refractivity contribution in [3.05, 3.63) is 39.1 Å². The van der Waals surface area contributed by atoms with Gasteiger partial charge in [-0.15, -0.1) is 0 Å². The van der Waals surface area contributed by atoms with E-state index in [1.807, 2.05) is 0 Å². The molecular formula is C15H8Cl2F9N5. The molecule has 2 aliphatic rings. The van der Waals surface area contributed by atoms with E-state index in [2.05, 4.69) is 15.4 Å². The summed E-state index contributed by atoms with van der Waals surface area (Å²) in [6, 6.07) is 0.853. The number of fused-ring (bicyclic) bond motifs is 1. The van der Waals surface area contributed by atoms with Gasteiger partial charge in [0.2, 0.25) is 5.84 Å². The average molecular weight is 500 g/mol. The molecule has 0 aliphatic carbocycles. The molecular weight excluding hydrogens is 492 g/mol. The van der Waals surface area contributed by atoms with Crippen LogP contribution in [0.5, 0.6) is 0 Å². The molecule has 2 heterocycles. The number of hydrogen-bond donors (Lipinski definition) is 2. The molecule has 3 N–H and O–H groups in total. The van der Waals surface area contributed by atoms with E-state index in [1.165, 1.54) is 0 Å². The minimum absolute atomic E-state index is 0.426. The molecule has 0 saturated carbocycles. The maximum atomic E-state index is 13.5. The minimum atomic E-state index is -5.38. The second kappa shape index (κ2) is 6.90. The van der Waals surface area contributed by atoms with Gasteiger partial charge in [0.15, 0.2) is 11.4 Å². The first kappa shape index (κ1) is 23.5. The molecule has 0 spiro atoms. The number of hydrogen-bond acceptors (Lipinski definition) is 5. The highest BCUT2D eigenvalue weighted by Gasteiger charge is 2.56. The van der Waals surface area contributed by atoms with Gasteiger partial charge in [-0.2, -0.15) is 44.9 Å². The van der Waals surface area contributed by atoms with Crippen molar-refractivity contribution in [2.45, 2.75) is 31.1 Å². The number of alkyl halides is 9. The monoisotopic (exact) mass is 499 g/mol. The van der Waals surface area contributed by atoms with Gasteiger partial charge in [0.25, 0.3) is 0 Å². The molecule has 170 valence electrons. The Morgan fingerprint density at radius 2 is 1.45 bits per heavy atom. The minimum Gasteiger partial charge on any atom is -0.384 e. The van der Waals surface area contributed by atoms with Crippen molar-refractivity contribution in [3.63, 3.8) is 0 Å². The first-order valence-corrected chi connectivity index (χ1v) is 8.59. The van der Waals surface area contributed by atoms with Crippen LogP contribution in [0.3, 0.4) is 0 Å². The lowest BCUT2D eigenvalue weighted by molar-refractivity contribution is -0.137. The highest BCUT2D eigenvalue weighted by molar-refractivity contribution is 6.39. The van der Waals surface area contributed by atoms with Crippen molar-refractivity contribution >= 4 is 40.4 Å². The van der Waals surface area contributed by atoms with Gasteiger partial charge in [-0.1, -0.05) is 23.2 Å². The molecule has 0 amide bonds. The first-order chi connectivity index (χ1) is 13.9. The van der Waals surface area contributed by atoms with E-state index in [1.54, 1.807) is 0 Å². The SMILES string of the molecule is CC12N=C(C(F)(F)F)N=C(C(F)(F)F)C1=C(N)N(c1c(Cl)cc(C(F)(F)F)cc1Cl)N2. The van der Waals surface area contributed by atoms with E-state index in [-0.39, 0.29) is 0 Å². The maximum Gasteiger partial charge on any atom is 0.451 e. The highest BCUT2D eigenvalue weighted by Crippen LogP contribution is 2.46. The molecule has 0 bridgehead atoms. The summed E-state index contributed by atoms with van der Waals surface area (Å²) in [5.74, 6) is -2.94. The van der Waals surface area contributed by atoms with Gasteiger partial charge in [-0.3, -0.25) is 5.01 Å². The van der Waals surface area contributed by atoms with E-state index < -0.39 is 68.4 Å². The topological polar surface area (TPSA) is 66.0 Å². The number of anilines is 1. The normalized spacial score (nSPS) is 22.5. The molecule has 1 atom stereocenters. The molecule has 3 rings (SSSR count). The molecule has 16 heteroatoms. The van der Waals surface area contributed by atoms with Crippen molar-refractivity contribution in [1.82, 2.24) is 5.43 Å². The quantitative estimate of drug-likeness (QED) is 0.522. The molecule has 5 nitrogen and oxygen atoms in total. The lowest BCUT2D eigenvalue weighted by Gasteiger charge is -2.31. The number of amidine groups is 1. The van der Waals surface area contributed by atoms with E-state index in [9.17, 15) is 39.5 Å². The van der Waals surface area contributed by atoms with E-state index in [0.717, 1.165) is 6.92 Å². The number of halogens is 11. The highest BCUT2D eigenvalue weighted by atomic mass is 35.5. The van der Waals surface area contributed by atoms with Crippen molar-refractivity contribution in [3.8, 4) is 0 Å². The van der Waals surface area contributed by atoms with E-state index in [4.69, 9.17) is 28.9 Å². The summed E-state index contributed by atoms with van der Waals surface area (Å²) in [6.45, 7) is 0.841. The van der Waals surface area contributed by atoms with Crippen molar-refractivity contribution in [2.75, 3.05) is 5.01 Å². The third-order valence-corrected chi connectivity index (χ3v) is 4.76. The number of benzene rings is 1. The molecule has 0 fully saturated rings. The Morgan fingerprint density at radius 1 is 0.935 bits per heavy atom. The van der Waals surface area contributed by atoms with Crippen LogP contribution in [0.15, 0.2) is 33.5 Å².